The highest BCUT2D eigenvalue weighted by Gasteiger charge is 2.29. The molecule has 0 unspecified atom stereocenters. The average Bonchev–Trinajstić information content (AvgIpc) is 3.26. The van der Waals surface area contributed by atoms with Crippen LogP contribution in [0.2, 0.25) is 0 Å². The quantitative estimate of drug-likeness (QED) is 0.0282. The highest BCUT2D eigenvalue weighted by atomic mass is 32.3. The third-order valence-corrected chi connectivity index (χ3v) is 16.3. The number of azo groups is 2. The van der Waals surface area contributed by atoms with Crippen LogP contribution in [0.25, 0.3) is 10.8 Å². The van der Waals surface area contributed by atoms with E-state index in [-0.39, 0.29) is 22.0 Å². The van der Waals surface area contributed by atoms with Crippen LogP contribution in [0.3, 0.4) is 0 Å². The van der Waals surface area contributed by atoms with Crippen LogP contribution in [-0.4, -0.2) is 126 Å². The molecule has 0 aliphatic rings. The first-order chi connectivity index (χ1) is 34.5. The van der Waals surface area contributed by atoms with E-state index >= 15 is 0 Å². The number of rotatable bonds is 21. The Morgan fingerprint density at radius 2 is 0.973 bits per heavy atom. The van der Waals surface area contributed by atoms with Crippen molar-refractivity contribution >= 4 is 133 Å². The standard InChI is InChI=1S/C35H31FN10O22S7/c36-33-40-34(38-19-1-6-22(7-2-19)69(48,49)13-11-67-74(61,62)63)42-35(41-33)39-21-5-10-25(71(52,53)54)24(17-21)44-46-31-27(73(58,59)60)16-18-15-26(72(55,56)57)30(29(37)28(18)32(31)47)45-43-20-3-8-23(9-4-20)70(50,51)14-12-68-75(64,65)66/h1-10,15-17,47H,11-14,37H2,(H,52,53,54)(H,55,56,57)(H,58,59,60)(H,61,62,63)(H,64,65,66)(H2,38,39,40,41,42). The molecular weight excluding hydrogens is 1160 g/mol. The average molecular weight is 1190 g/mol. The molecule has 75 heavy (non-hydrogen) atoms. The maximum atomic E-state index is 14.7. The van der Waals surface area contributed by atoms with Gasteiger partial charge in [-0.15, -0.1) is 15.3 Å². The molecule has 402 valence electrons. The number of fused-ring (bicyclic) bond motifs is 1. The van der Waals surface area contributed by atoms with Crippen molar-refractivity contribution in [3.05, 3.63) is 84.9 Å². The lowest BCUT2D eigenvalue weighted by atomic mass is 10.1. The number of aromatic nitrogens is 3. The van der Waals surface area contributed by atoms with E-state index in [1.54, 1.807) is 0 Å². The molecule has 6 rings (SSSR count). The maximum absolute atomic E-state index is 14.7. The molecule has 0 bridgehead atoms. The van der Waals surface area contributed by atoms with Gasteiger partial charge in [-0.25, -0.2) is 25.2 Å². The second-order valence-electron chi connectivity index (χ2n) is 14.5. The second kappa shape index (κ2) is 21.4. The number of hydrogen-bond donors (Lipinski definition) is 9. The molecule has 1 aromatic heterocycles. The van der Waals surface area contributed by atoms with Gasteiger partial charge in [0.05, 0.1) is 51.3 Å². The molecular formula is C35H31FN10O22S7. The number of hydrogen-bond acceptors (Lipinski definition) is 27. The van der Waals surface area contributed by atoms with Crippen LogP contribution in [-0.2, 0) is 79.2 Å². The molecule has 5 aromatic carbocycles. The topological polar surface area (TPSA) is 517 Å². The van der Waals surface area contributed by atoms with Gasteiger partial charge in [-0.2, -0.15) is 66.5 Å². The number of halogens is 1. The number of anilines is 5. The Morgan fingerprint density at radius 3 is 1.45 bits per heavy atom. The summed E-state index contributed by atoms with van der Waals surface area (Å²) in [6.45, 7) is -1.86. The van der Waals surface area contributed by atoms with E-state index in [1.807, 2.05) is 0 Å². The molecule has 10 N–H and O–H groups in total. The van der Waals surface area contributed by atoms with Crippen LogP contribution in [0, 0.1) is 6.08 Å². The van der Waals surface area contributed by atoms with Crippen molar-refractivity contribution in [1.82, 2.24) is 15.0 Å². The minimum absolute atomic E-state index is 0.0647. The van der Waals surface area contributed by atoms with E-state index in [2.05, 4.69) is 54.4 Å². The Morgan fingerprint density at radius 1 is 0.533 bits per heavy atom. The smallest absolute Gasteiger partial charge is 0.397 e. The van der Waals surface area contributed by atoms with Crippen molar-refractivity contribution in [2.24, 2.45) is 20.5 Å². The van der Waals surface area contributed by atoms with E-state index < -0.39 is 172 Å². The summed E-state index contributed by atoms with van der Waals surface area (Å²) in [4.78, 5) is 6.62. The minimum Gasteiger partial charge on any atom is -0.505 e. The fraction of sp³-hybridized carbons (Fsp3) is 0.114. The highest BCUT2D eigenvalue weighted by Crippen LogP contribution is 2.48. The first-order valence-electron chi connectivity index (χ1n) is 19.4. The number of benzene rings is 5. The largest absolute Gasteiger partial charge is 0.505 e. The Balaban J connectivity index is 1.35. The van der Waals surface area contributed by atoms with Gasteiger partial charge >= 0.3 is 26.9 Å². The number of sulfone groups is 2. The fourth-order valence-electron chi connectivity index (χ4n) is 6.13. The molecule has 6 aromatic rings. The van der Waals surface area contributed by atoms with Crippen LogP contribution < -0.4 is 16.4 Å². The Labute approximate surface area is 422 Å². The molecule has 0 amide bonds. The lowest BCUT2D eigenvalue weighted by Crippen LogP contribution is -2.15. The molecule has 0 aliphatic carbocycles. The summed E-state index contributed by atoms with van der Waals surface area (Å²) >= 11 is 0. The number of phenols is 1. The predicted molar refractivity (Wildman–Crippen MR) is 253 cm³/mol. The SMILES string of the molecule is Nc1c(N=Nc2ccc(S(=O)(=O)CCOS(=O)(=O)O)cc2)c(S(=O)(=O)O)cc2cc(S(=O)(=O)O)c(N=Nc3cc(Nc4nc(F)nc(Nc5ccc(S(=O)(=O)CCOS(=O)(=O)O)cc5)n4)ccc3S(=O)(=O)O)c(O)c12. The zero-order chi connectivity index (χ0) is 55.7. The van der Waals surface area contributed by atoms with Gasteiger partial charge < -0.3 is 21.5 Å². The predicted octanol–water partition coefficient (Wildman–Crippen LogP) is 3.70. The third kappa shape index (κ3) is 14.9. The monoisotopic (exact) mass is 1190 g/mol. The first kappa shape index (κ1) is 57.4. The molecule has 1 heterocycles. The normalized spacial score (nSPS) is 13.2. The number of nitrogens with one attached hydrogen (secondary N) is 2. The lowest BCUT2D eigenvalue weighted by molar-refractivity contribution is 0.282. The molecule has 0 atom stereocenters. The van der Waals surface area contributed by atoms with Gasteiger partial charge in [0, 0.05) is 11.4 Å². The third-order valence-electron chi connectivity index (χ3n) is 9.33. The molecule has 0 radical (unpaired) electrons. The van der Waals surface area contributed by atoms with Crippen LogP contribution in [0.1, 0.15) is 0 Å². The van der Waals surface area contributed by atoms with E-state index in [0.29, 0.717) is 18.2 Å². The van der Waals surface area contributed by atoms with Crippen molar-refractivity contribution in [3.8, 4) is 5.75 Å². The van der Waals surface area contributed by atoms with Crippen molar-refractivity contribution in [2.45, 2.75) is 24.5 Å². The number of aromatic hydroxyl groups is 1. The summed E-state index contributed by atoms with van der Waals surface area (Å²) in [5.74, 6) is -4.19. The zero-order valence-corrected chi connectivity index (χ0v) is 42.2. The molecule has 0 saturated carbocycles. The van der Waals surface area contributed by atoms with Gasteiger partial charge in [0.15, 0.2) is 25.4 Å². The van der Waals surface area contributed by atoms with Crippen LogP contribution in [0.15, 0.2) is 124 Å². The Bertz CT molecular complexity index is 4160. The molecule has 32 nitrogen and oxygen atoms in total. The van der Waals surface area contributed by atoms with Crippen molar-refractivity contribution in [1.29, 1.82) is 0 Å². The van der Waals surface area contributed by atoms with Crippen molar-refractivity contribution < 1.29 is 99.6 Å². The van der Waals surface area contributed by atoms with Crippen molar-refractivity contribution in [3.63, 3.8) is 0 Å². The molecule has 0 saturated heterocycles. The van der Waals surface area contributed by atoms with Gasteiger partial charge in [0.1, 0.15) is 31.7 Å². The summed E-state index contributed by atoms with van der Waals surface area (Å²) in [5.41, 5.74) is 1.89. The van der Waals surface area contributed by atoms with E-state index in [0.717, 1.165) is 48.5 Å². The molecule has 40 heteroatoms. The van der Waals surface area contributed by atoms with Crippen LogP contribution in [0.4, 0.5) is 56.1 Å². The number of nitrogens with two attached hydrogens (primary N) is 1. The molecule has 0 fully saturated rings. The zero-order valence-electron chi connectivity index (χ0n) is 36.5. The van der Waals surface area contributed by atoms with Crippen molar-refractivity contribution in [2.75, 3.05) is 41.1 Å². The lowest BCUT2D eigenvalue weighted by Gasteiger charge is -2.14. The maximum Gasteiger partial charge on any atom is 0.397 e. The van der Waals surface area contributed by atoms with Gasteiger partial charge in [-0.3, -0.25) is 22.8 Å². The second-order valence-corrected chi connectivity index (χ2v) is 25.0. The Kier molecular flexibility index (Phi) is 16.3. The van der Waals surface area contributed by atoms with Gasteiger partial charge in [-0.1, -0.05) is 0 Å². The van der Waals surface area contributed by atoms with Crippen LogP contribution >= 0.6 is 0 Å². The summed E-state index contributed by atoms with van der Waals surface area (Å²) in [5, 5.41) is 29.9. The minimum atomic E-state index is -5.53. The first-order valence-corrected chi connectivity index (χ1v) is 29.7. The van der Waals surface area contributed by atoms with Crippen LogP contribution in [0.5, 0.6) is 5.75 Å². The van der Waals surface area contributed by atoms with E-state index in [9.17, 15) is 82.1 Å². The van der Waals surface area contributed by atoms with E-state index in [4.69, 9.17) is 14.8 Å². The van der Waals surface area contributed by atoms with E-state index in [1.165, 1.54) is 12.1 Å². The summed E-state index contributed by atoms with van der Waals surface area (Å²) in [7, 11) is -34.4. The summed E-state index contributed by atoms with van der Waals surface area (Å²) < 4.78 is 239. The summed E-state index contributed by atoms with van der Waals surface area (Å²) in [6, 6.07) is 11.9. The van der Waals surface area contributed by atoms with Gasteiger partial charge in [0.2, 0.25) is 11.9 Å². The number of nitrogen functional groups attached to an aromatic ring is 1. The Hall–Kier alpha value is -6.93. The number of phenolic OH excluding ortho intramolecular Hbond substituents is 1. The number of nitrogens with zero attached hydrogens (tertiary/aromatic N) is 7. The summed E-state index contributed by atoms with van der Waals surface area (Å²) in [6.07, 6.45) is -1.42. The highest BCUT2D eigenvalue weighted by molar-refractivity contribution is 7.92. The fourth-order valence-corrected chi connectivity index (χ4v) is 11.0. The molecule has 0 aliphatic heterocycles. The molecule has 0 spiro atoms. The van der Waals surface area contributed by atoms with Gasteiger partial charge in [0.25, 0.3) is 30.4 Å². The van der Waals surface area contributed by atoms with Gasteiger partial charge in [-0.05, 0) is 84.2 Å².